The van der Waals surface area contributed by atoms with Gasteiger partial charge in [0.2, 0.25) is 0 Å². The number of hydrogen-bond acceptors (Lipinski definition) is 5. The van der Waals surface area contributed by atoms with Crippen LogP contribution < -0.4 is 0 Å². The normalized spacial score (nSPS) is 11.0. The Morgan fingerprint density at radius 2 is 1.83 bits per heavy atom. The molecule has 112 valence electrons. The standard InChI is InChI=1S/C17H10FN3S2/c18-12-6-4-11(5-7-12)14-9-13-16(22-14)17(21-10-20-13)23-15-3-1-2-8-19-15/h1-10H. The second-order valence-electron chi connectivity index (χ2n) is 4.78. The summed E-state index contributed by atoms with van der Waals surface area (Å²) in [6, 6.07) is 14.3. The van der Waals surface area contributed by atoms with Crippen LogP contribution in [0.3, 0.4) is 0 Å². The lowest BCUT2D eigenvalue weighted by Gasteiger charge is -2.00. The highest BCUT2D eigenvalue weighted by molar-refractivity contribution is 7.99. The zero-order valence-corrected chi connectivity index (χ0v) is 13.4. The first-order valence-corrected chi connectivity index (χ1v) is 8.52. The summed E-state index contributed by atoms with van der Waals surface area (Å²) in [5.74, 6) is -0.235. The third-order valence-electron chi connectivity index (χ3n) is 3.25. The van der Waals surface area contributed by atoms with Crippen LogP contribution in [-0.4, -0.2) is 15.0 Å². The number of thiophene rings is 1. The average Bonchev–Trinajstić information content (AvgIpc) is 3.02. The molecule has 0 unspecified atom stereocenters. The van der Waals surface area contributed by atoms with Gasteiger partial charge < -0.3 is 0 Å². The summed E-state index contributed by atoms with van der Waals surface area (Å²) >= 11 is 3.12. The quantitative estimate of drug-likeness (QED) is 0.490. The van der Waals surface area contributed by atoms with Gasteiger partial charge in [0.15, 0.2) is 0 Å². The zero-order chi connectivity index (χ0) is 15.6. The second kappa shape index (κ2) is 6.06. The first-order valence-electron chi connectivity index (χ1n) is 6.89. The van der Waals surface area contributed by atoms with Gasteiger partial charge in [-0.2, -0.15) is 0 Å². The second-order valence-corrected chi connectivity index (χ2v) is 6.84. The summed E-state index contributed by atoms with van der Waals surface area (Å²) in [6.07, 6.45) is 3.33. The maximum absolute atomic E-state index is 13.1. The number of rotatable bonds is 3. The number of aromatic nitrogens is 3. The van der Waals surface area contributed by atoms with Crippen molar-refractivity contribution in [2.45, 2.75) is 10.1 Å². The molecular weight excluding hydrogens is 329 g/mol. The number of nitrogens with zero attached hydrogens (tertiary/aromatic N) is 3. The molecule has 0 spiro atoms. The molecule has 3 heterocycles. The van der Waals surface area contributed by atoms with Gasteiger partial charge in [-0.1, -0.05) is 18.2 Å². The molecule has 4 aromatic rings. The lowest BCUT2D eigenvalue weighted by atomic mass is 10.2. The van der Waals surface area contributed by atoms with E-state index < -0.39 is 0 Å². The molecule has 0 saturated carbocycles. The van der Waals surface area contributed by atoms with Gasteiger partial charge in [0.1, 0.15) is 22.2 Å². The topological polar surface area (TPSA) is 38.7 Å². The largest absolute Gasteiger partial charge is 0.250 e. The van der Waals surface area contributed by atoms with Gasteiger partial charge in [-0.3, -0.25) is 0 Å². The van der Waals surface area contributed by atoms with Crippen LogP contribution in [0.4, 0.5) is 4.39 Å². The van der Waals surface area contributed by atoms with Crippen LogP contribution in [0.1, 0.15) is 0 Å². The van der Waals surface area contributed by atoms with Gasteiger partial charge in [0.25, 0.3) is 0 Å². The van der Waals surface area contributed by atoms with Gasteiger partial charge in [-0.15, -0.1) is 11.3 Å². The molecule has 3 aromatic heterocycles. The van der Waals surface area contributed by atoms with E-state index in [0.29, 0.717) is 0 Å². The van der Waals surface area contributed by atoms with Gasteiger partial charge >= 0.3 is 0 Å². The van der Waals surface area contributed by atoms with E-state index in [9.17, 15) is 4.39 Å². The molecule has 0 aliphatic carbocycles. The monoisotopic (exact) mass is 339 g/mol. The molecule has 4 rings (SSSR count). The third-order valence-corrected chi connectivity index (χ3v) is 5.51. The van der Waals surface area contributed by atoms with Crippen LogP contribution in [0, 0.1) is 5.82 Å². The van der Waals surface area contributed by atoms with E-state index in [0.717, 1.165) is 30.7 Å². The number of pyridine rings is 1. The van der Waals surface area contributed by atoms with Gasteiger partial charge in [0.05, 0.1) is 10.2 Å². The third kappa shape index (κ3) is 2.95. The van der Waals surface area contributed by atoms with Crippen molar-refractivity contribution >= 4 is 33.3 Å². The summed E-state index contributed by atoms with van der Waals surface area (Å²) in [6.45, 7) is 0. The lowest BCUT2D eigenvalue weighted by molar-refractivity contribution is 0.628. The molecule has 6 heteroatoms. The Kier molecular flexibility index (Phi) is 3.77. The van der Waals surface area contributed by atoms with Crippen LogP contribution in [0.15, 0.2) is 71.1 Å². The molecule has 0 aliphatic rings. The first-order chi connectivity index (χ1) is 11.3. The Hall–Kier alpha value is -2.31. The fourth-order valence-electron chi connectivity index (χ4n) is 2.17. The molecule has 0 saturated heterocycles. The number of fused-ring (bicyclic) bond motifs is 1. The molecule has 23 heavy (non-hydrogen) atoms. The van der Waals surface area contributed by atoms with Crippen LogP contribution in [-0.2, 0) is 0 Å². The van der Waals surface area contributed by atoms with Gasteiger partial charge in [-0.25, -0.2) is 19.3 Å². The van der Waals surface area contributed by atoms with Crippen molar-refractivity contribution in [3.63, 3.8) is 0 Å². The highest BCUT2D eigenvalue weighted by atomic mass is 32.2. The number of halogens is 1. The summed E-state index contributed by atoms with van der Waals surface area (Å²) in [4.78, 5) is 14.1. The van der Waals surface area contributed by atoms with E-state index >= 15 is 0 Å². The average molecular weight is 339 g/mol. The molecule has 0 amide bonds. The van der Waals surface area contributed by atoms with Gasteiger partial charge in [0, 0.05) is 11.1 Å². The van der Waals surface area contributed by atoms with Gasteiger partial charge in [-0.05, 0) is 47.7 Å². The Bertz CT molecular complexity index is 953. The molecule has 0 bridgehead atoms. The van der Waals surface area contributed by atoms with Crippen LogP contribution in [0.2, 0.25) is 0 Å². The first kappa shape index (κ1) is 14.3. The minimum atomic E-state index is -0.235. The van der Waals surface area contributed by atoms with E-state index in [1.54, 1.807) is 36.0 Å². The lowest BCUT2D eigenvalue weighted by Crippen LogP contribution is -1.84. The fraction of sp³-hybridized carbons (Fsp3) is 0. The molecule has 0 atom stereocenters. The van der Waals surface area contributed by atoms with Crippen molar-refractivity contribution in [3.8, 4) is 10.4 Å². The Morgan fingerprint density at radius 1 is 0.957 bits per heavy atom. The Morgan fingerprint density at radius 3 is 2.61 bits per heavy atom. The molecule has 1 aromatic carbocycles. The minimum Gasteiger partial charge on any atom is -0.250 e. The molecule has 0 radical (unpaired) electrons. The highest BCUT2D eigenvalue weighted by Gasteiger charge is 2.12. The number of hydrogen-bond donors (Lipinski definition) is 0. The smallest absolute Gasteiger partial charge is 0.124 e. The van der Waals surface area contributed by atoms with Crippen molar-refractivity contribution in [2.75, 3.05) is 0 Å². The van der Waals surface area contributed by atoms with E-state index in [4.69, 9.17) is 0 Å². The van der Waals surface area contributed by atoms with E-state index in [1.807, 2.05) is 24.3 Å². The number of benzene rings is 1. The maximum Gasteiger partial charge on any atom is 0.124 e. The summed E-state index contributed by atoms with van der Waals surface area (Å²) in [5, 5.41) is 1.77. The minimum absolute atomic E-state index is 0.235. The fourth-order valence-corrected chi connectivity index (χ4v) is 4.17. The SMILES string of the molecule is Fc1ccc(-c2cc3ncnc(Sc4ccccn4)c3s2)cc1. The van der Waals surface area contributed by atoms with Crippen molar-refractivity contribution < 1.29 is 4.39 Å². The van der Waals surface area contributed by atoms with Crippen molar-refractivity contribution in [1.82, 2.24) is 15.0 Å². The Labute approximate surface area is 140 Å². The summed E-state index contributed by atoms with van der Waals surface area (Å²) in [7, 11) is 0. The Balaban J connectivity index is 1.77. The zero-order valence-electron chi connectivity index (χ0n) is 11.8. The van der Waals surface area contributed by atoms with Crippen LogP contribution in [0.25, 0.3) is 20.7 Å². The summed E-state index contributed by atoms with van der Waals surface area (Å²) < 4.78 is 14.1. The maximum atomic E-state index is 13.1. The predicted molar refractivity (Wildman–Crippen MR) is 91.2 cm³/mol. The van der Waals surface area contributed by atoms with Crippen molar-refractivity contribution in [1.29, 1.82) is 0 Å². The predicted octanol–water partition coefficient (Wildman–Crippen LogP) is 5.04. The highest BCUT2D eigenvalue weighted by Crippen LogP contribution is 2.38. The van der Waals surface area contributed by atoms with E-state index in [-0.39, 0.29) is 5.82 Å². The molecule has 3 nitrogen and oxygen atoms in total. The van der Waals surface area contributed by atoms with Crippen LogP contribution >= 0.6 is 23.1 Å². The molecular formula is C17H10FN3S2. The summed E-state index contributed by atoms with van der Waals surface area (Å²) in [5.41, 5.74) is 1.87. The molecule has 0 aliphatic heterocycles. The molecule has 0 N–H and O–H groups in total. The molecule has 0 fully saturated rings. The van der Waals surface area contributed by atoms with E-state index in [2.05, 4.69) is 15.0 Å². The van der Waals surface area contributed by atoms with Crippen LogP contribution in [0.5, 0.6) is 0 Å². The van der Waals surface area contributed by atoms with E-state index in [1.165, 1.54) is 23.9 Å². The van der Waals surface area contributed by atoms with Crippen molar-refractivity contribution in [3.05, 3.63) is 66.9 Å². The van der Waals surface area contributed by atoms with Crippen molar-refractivity contribution in [2.24, 2.45) is 0 Å².